The summed E-state index contributed by atoms with van der Waals surface area (Å²) in [6, 6.07) is 0. The number of fused-ring (bicyclic) bond motifs is 1. The third-order valence-corrected chi connectivity index (χ3v) is 6.21. The maximum absolute atomic E-state index is 10.4. The van der Waals surface area contributed by atoms with Crippen molar-refractivity contribution in [3.05, 3.63) is 23.8 Å². The van der Waals surface area contributed by atoms with Crippen molar-refractivity contribution in [2.24, 2.45) is 17.8 Å². The summed E-state index contributed by atoms with van der Waals surface area (Å²) in [5.41, 5.74) is 1.62. The first-order valence-corrected chi connectivity index (χ1v) is 10.9. The summed E-state index contributed by atoms with van der Waals surface area (Å²) in [6.45, 7) is 3.35. The second-order valence-electron chi connectivity index (χ2n) is 8.81. The van der Waals surface area contributed by atoms with E-state index in [2.05, 4.69) is 44.1 Å². The molecule has 2 aliphatic carbocycles. The molecule has 0 saturated heterocycles. The van der Waals surface area contributed by atoms with Crippen LogP contribution in [-0.4, -0.2) is 48.0 Å². The number of rotatable bonds is 12. The molecule has 0 aromatic heterocycles. The van der Waals surface area contributed by atoms with Crippen LogP contribution in [-0.2, 0) is 0 Å². The van der Waals surface area contributed by atoms with Crippen molar-refractivity contribution in [3.63, 3.8) is 0 Å². The quantitative estimate of drug-likeness (QED) is 0.395. The zero-order chi connectivity index (χ0) is 18.9. The highest BCUT2D eigenvalue weighted by atomic mass is 16.3. The van der Waals surface area contributed by atoms with E-state index in [1.54, 1.807) is 5.57 Å². The van der Waals surface area contributed by atoms with Crippen LogP contribution in [0.1, 0.15) is 71.1 Å². The largest absolute Gasteiger partial charge is 0.393 e. The number of hydrogen-bond donors (Lipinski definition) is 2. The second-order valence-corrected chi connectivity index (χ2v) is 8.81. The Morgan fingerprint density at radius 3 is 2.77 bits per heavy atom. The minimum absolute atomic E-state index is 0.202. The molecular weight excluding hydrogens is 322 g/mol. The van der Waals surface area contributed by atoms with Crippen LogP contribution < -0.4 is 0 Å². The van der Waals surface area contributed by atoms with Gasteiger partial charge in [-0.1, -0.05) is 50.0 Å². The number of hydrogen-bond acceptors (Lipinski definition) is 3. The summed E-state index contributed by atoms with van der Waals surface area (Å²) in [5.74, 6) is 1.44. The Bertz CT molecular complexity index is 457. The van der Waals surface area contributed by atoms with E-state index in [0.29, 0.717) is 11.8 Å². The van der Waals surface area contributed by atoms with Crippen LogP contribution >= 0.6 is 0 Å². The first-order valence-electron chi connectivity index (χ1n) is 10.9. The Kier molecular flexibility index (Phi) is 9.38. The fraction of sp³-hybridized carbons (Fsp3) is 0.826. The van der Waals surface area contributed by atoms with Gasteiger partial charge in [-0.25, -0.2) is 0 Å². The van der Waals surface area contributed by atoms with Gasteiger partial charge < -0.3 is 15.1 Å². The lowest BCUT2D eigenvalue weighted by atomic mass is 9.88. The molecule has 0 amide bonds. The molecule has 0 heterocycles. The first kappa shape index (κ1) is 21.7. The second kappa shape index (κ2) is 11.3. The highest BCUT2D eigenvalue weighted by Gasteiger charge is 2.43. The third-order valence-electron chi connectivity index (χ3n) is 6.21. The number of aliphatic hydroxyl groups excluding tert-OH is 2. The highest BCUT2D eigenvalue weighted by Crippen LogP contribution is 2.48. The molecule has 3 nitrogen and oxygen atoms in total. The van der Waals surface area contributed by atoms with Gasteiger partial charge in [0.1, 0.15) is 0 Å². The Morgan fingerprint density at radius 1 is 1.23 bits per heavy atom. The molecule has 2 N–H and O–H groups in total. The van der Waals surface area contributed by atoms with Crippen molar-refractivity contribution in [1.82, 2.24) is 4.90 Å². The SMILES string of the molecule is CCCC[C@H](O)CC=C[C@@H]1[C@H]2CC(CCCCCN(C)C)=C[C@H]2C[C@H]1O. The van der Waals surface area contributed by atoms with Gasteiger partial charge in [0.25, 0.3) is 0 Å². The number of nitrogens with zero attached hydrogens (tertiary/aromatic N) is 1. The van der Waals surface area contributed by atoms with E-state index < -0.39 is 0 Å². The van der Waals surface area contributed by atoms with Crippen LogP contribution in [0.2, 0.25) is 0 Å². The molecule has 1 saturated carbocycles. The molecule has 0 aromatic rings. The van der Waals surface area contributed by atoms with Gasteiger partial charge in [-0.15, -0.1) is 0 Å². The lowest BCUT2D eigenvalue weighted by Gasteiger charge is -2.18. The van der Waals surface area contributed by atoms with Gasteiger partial charge in [0.2, 0.25) is 0 Å². The van der Waals surface area contributed by atoms with E-state index in [-0.39, 0.29) is 18.1 Å². The van der Waals surface area contributed by atoms with E-state index in [1.165, 1.54) is 38.6 Å². The fourth-order valence-electron chi connectivity index (χ4n) is 4.70. The molecule has 2 aliphatic rings. The monoisotopic (exact) mass is 363 g/mol. The molecule has 1 fully saturated rings. The molecule has 0 spiro atoms. The lowest BCUT2D eigenvalue weighted by Crippen LogP contribution is -2.17. The van der Waals surface area contributed by atoms with Crippen molar-refractivity contribution < 1.29 is 10.2 Å². The van der Waals surface area contributed by atoms with Gasteiger partial charge in [-0.2, -0.15) is 0 Å². The van der Waals surface area contributed by atoms with Crippen LogP contribution in [0.3, 0.4) is 0 Å². The van der Waals surface area contributed by atoms with E-state index in [4.69, 9.17) is 0 Å². The minimum Gasteiger partial charge on any atom is -0.393 e. The third kappa shape index (κ3) is 6.83. The number of allylic oxidation sites excluding steroid dienone is 2. The summed E-state index contributed by atoms with van der Waals surface area (Å²) in [4.78, 5) is 2.26. The lowest BCUT2D eigenvalue weighted by molar-refractivity contribution is 0.139. The summed E-state index contributed by atoms with van der Waals surface area (Å²) in [6.07, 6.45) is 17.4. The van der Waals surface area contributed by atoms with Gasteiger partial charge in [0, 0.05) is 5.92 Å². The van der Waals surface area contributed by atoms with Crippen molar-refractivity contribution in [2.45, 2.75) is 83.3 Å². The average Bonchev–Trinajstić information content (AvgIpc) is 3.10. The Hall–Kier alpha value is -0.640. The van der Waals surface area contributed by atoms with Gasteiger partial charge in [0.15, 0.2) is 0 Å². The van der Waals surface area contributed by atoms with Gasteiger partial charge in [-0.05, 0) is 77.4 Å². The van der Waals surface area contributed by atoms with Crippen LogP contribution in [0.5, 0.6) is 0 Å². The Balaban J connectivity index is 1.72. The smallest absolute Gasteiger partial charge is 0.0611 e. The summed E-state index contributed by atoms with van der Waals surface area (Å²) in [5, 5.41) is 20.4. The summed E-state index contributed by atoms with van der Waals surface area (Å²) < 4.78 is 0. The highest BCUT2D eigenvalue weighted by molar-refractivity contribution is 5.20. The Labute approximate surface area is 161 Å². The van der Waals surface area contributed by atoms with Gasteiger partial charge in [0.05, 0.1) is 12.2 Å². The topological polar surface area (TPSA) is 43.7 Å². The maximum Gasteiger partial charge on any atom is 0.0611 e. The standard InChI is InChI=1S/C23H41NO2/c1-4-5-11-20(25)12-9-13-21-22-16-18(15-19(22)17-23(21)26)10-7-6-8-14-24(2)3/h9,13,15,19-23,25-26H,4-8,10-12,14,16-17H2,1-3H3/t19-,20-,21+,22-,23+/m0/s1. The van der Waals surface area contributed by atoms with E-state index in [9.17, 15) is 10.2 Å². The predicted molar refractivity (Wildman–Crippen MR) is 110 cm³/mol. The fourth-order valence-corrected chi connectivity index (χ4v) is 4.70. The van der Waals surface area contributed by atoms with E-state index in [1.807, 2.05) is 0 Å². The van der Waals surface area contributed by atoms with Crippen LogP contribution in [0.15, 0.2) is 23.8 Å². The molecule has 3 heteroatoms. The number of aliphatic hydroxyl groups is 2. The normalized spacial score (nSPS) is 29.5. The predicted octanol–water partition coefficient (Wildman–Crippen LogP) is 4.55. The maximum atomic E-state index is 10.4. The van der Waals surface area contributed by atoms with Gasteiger partial charge in [-0.3, -0.25) is 0 Å². The van der Waals surface area contributed by atoms with E-state index >= 15 is 0 Å². The van der Waals surface area contributed by atoms with Crippen LogP contribution in [0.25, 0.3) is 0 Å². The molecule has 0 radical (unpaired) electrons. The van der Waals surface area contributed by atoms with Crippen molar-refractivity contribution >= 4 is 0 Å². The van der Waals surface area contributed by atoms with Crippen LogP contribution in [0.4, 0.5) is 0 Å². The summed E-state index contributed by atoms with van der Waals surface area (Å²) in [7, 11) is 4.28. The average molecular weight is 364 g/mol. The molecule has 5 atom stereocenters. The molecular formula is C23H41NO2. The molecule has 0 aromatic carbocycles. The Morgan fingerprint density at radius 2 is 2.04 bits per heavy atom. The van der Waals surface area contributed by atoms with Crippen molar-refractivity contribution in [1.29, 1.82) is 0 Å². The molecule has 0 aliphatic heterocycles. The van der Waals surface area contributed by atoms with E-state index in [0.717, 1.165) is 32.1 Å². The zero-order valence-electron chi connectivity index (χ0n) is 17.2. The molecule has 26 heavy (non-hydrogen) atoms. The van der Waals surface area contributed by atoms with Crippen molar-refractivity contribution in [3.8, 4) is 0 Å². The van der Waals surface area contributed by atoms with Crippen molar-refractivity contribution in [2.75, 3.05) is 20.6 Å². The molecule has 0 bridgehead atoms. The molecule has 150 valence electrons. The molecule has 0 unspecified atom stereocenters. The zero-order valence-corrected chi connectivity index (χ0v) is 17.2. The minimum atomic E-state index is -0.222. The number of unbranched alkanes of at least 4 members (excludes halogenated alkanes) is 3. The first-order chi connectivity index (χ1) is 12.5. The van der Waals surface area contributed by atoms with Gasteiger partial charge >= 0.3 is 0 Å². The summed E-state index contributed by atoms with van der Waals surface area (Å²) >= 11 is 0. The molecule has 2 rings (SSSR count). The van der Waals surface area contributed by atoms with Crippen LogP contribution in [0, 0.1) is 17.8 Å².